The molecule has 3 rings (SSSR count). The Balaban J connectivity index is 1.67. The van der Waals surface area contributed by atoms with Crippen molar-refractivity contribution in [1.29, 1.82) is 0 Å². The minimum absolute atomic E-state index is 0.0240. The molecule has 1 unspecified atom stereocenters. The summed E-state index contributed by atoms with van der Waals surface area (Å²) in [5, 5.41) is 2.96. The van der Waals surface area contributed by atoms with E-state index in [1.54, 1.807) is 7.11 Å². The molecule has 1 aliphatic heterocycles. The van der Waals surface area contributed by atoms with Crippen LogP contribution in [0.5, 0.6) is 5.75 Å². The third kappa shape index (κ3) is 5.31. The summed E-state index contributed by atoms with van der Waals surface area (Å²) in [5.74, 6) is 0.817. The fraction of sp³-hybridized carbons (Fsp3) is 0.381. The van der Waals surface area contributed by atoms with Gasteiger partial charge in [0.25, 0.3) is 0 Å². The molecule has 2 aromatic carbocycles. The van der Waals surface area contributed by atoms with Crippen molar-refractivity contribution >= 4 is 11.6 Å². The highest BCUT2D eigenvalue weighted by atomic mass is 16.5. The summed E-state index contributed by atoms with van der Waals surface area (Å²) >= 11 is 0. The van der Waals surface area contributed by atoms with Crippen molar-refractivity contribution < 1.29 is 14.3 Å². The summed E-state index contributed by atoms with van der Waals surface area (Å²) in [6.07, 6.45) is 2.32. The zero-order valence-electron chi connectivity index (χ0n) is 15.2. The molecule has 0 radical (unpaired) electrons. The maximum atomic E-state index is 12.5. The normalized spacial score (nSPS) is 16.6. The zero-order valence-corrected chi connectivity index (χ0v) is 15.2. The number of ether oxygens (including phenoxy) is 2. The molecule has 26 heavy (non-hydrogen) atoms. The van der Waals surface area contributed by atoms with Crippen LogP contribution in [-0.2, 0) is 16.1 Å². The highest BCUT2D eigenvalue weighted by molar-refractivity contribution is 5.92. The Morgan fingerprint density at radius 3 is 2.69 bits per heavy atom. The third-order valence-electron chi connectivity index (χ3n) is 4.50. The van der Waals surface area contributed by atoms with E-state index >= 15 is 0 Å². The standard InChI is InChI=1S/C21H26N2O3/c1-25-20-12-6-5-8-17(20)14-23(15-19-11-7-13-26-19)16-21(24)22-18-9-3-2-4-10-18/h2-6,8-10,12,19H,7,11,13-16H2,1H3,(H,22,24). The summed E-state index contributed by atoms with van der Waals surface area (Å²) in [7, 11) is 1.67. The predicted octanol–water partition coefficient (Wildman–Crippen LogP) is 3.31. The fourth-order valence-corrected chi connectivity index (χ4v) is 3.26. The lowest BCUT2D eigenvalue weighted by Crippen LogP contribution is -2.38. The first-order valence-electron chi connectivity index (χ1n) is 9.05. The summed E-state index contributed by atoms with van der Waals surface area (Å²) in [6.45, 7) is 2.50. The van der Waals surface area contributed by atoms with Crippen molar-refractivity contribution in [3.63, 3.8) is 0 Å². The lowest BCUT2D eigenvalue weighted by Gasteiger charge is -2.25. The van der Waals surface area contributed by atoms with Crippen LogP contribution in [0.1, 0.15) is 18.4 Å². The van der Waals surface area contributed by atoms with Gasteiger partial charge in [0.15, 0.2) is 0 Å². The van der Waals surface area contributed by atoms with Crippen LogP contribution >= 0.6 is 0 Å². The fourth-order valence-electron chi connectivity index (χ4n) is 3.26. The van der Waals surface area contributed by atoms with E-state index in [4.69, 9.17) is 9.47 Å². The molecule has 1 amide bonds. The van der Waals surface area contributed by atoms with Crippen molar-refractivity contribution in [1.82, 2.24) is 4.90 Å². The number of rotatable bonds is 8. The Morgan fingerprint density at radius 2 is 1.96 bits per heavy atom. The van der Waals surface area contributed by atoms with E-state index in [2.05, 4.69) is 10.2 Å². The molecular weight excluding hydrogens is 328 g/mol. The number of anilines is 1. The summed E-state index contributed by atoms with van der Waals surface area (Å²) < 4.78 is 11.2. The van der Waals surface area contributed by atoms with Gasteiger partial charge in [0.05, 0.1) is 19.8 Å². The molecule has 1 saturated heterocycles. The van der Waals surface area contributed by atoms with Gasteiger partial charge >= 0.3 is 0 Å². The summed E-state index contributed by atoms with van der Waals surface area (Å²) in [5.41, 5.74) is 1.88. The Labute approximate surface area is 154 Å². The number of amides is 1. The van der Waals surface area contributed by atoms with E-state index in [0.29, 0.717) is 13.1 Å². The topological polar surface area (TPSA) is 50.8 Å². The number of hydrogen-bond acceptors (Lipinski definition) is 4. The van der Waals surface area contributed by atoms with Crippen LogP contribution in [0.25, 0.3) is 0 Å². The van der Waals surface area contributed by atoms with Crippen LogP contribution in [0.3, 0.4) is 0 Å². The van der Waals surface area contributed by atoms with E-state index in [-0.39, 0.29) is 12.0 Å². The van der Waals surface area contributed by atoms with Gasteiger partial charge < -0.3 is 14.8 Å². The van der Waals surface area contributed by atoms with E-state index in [9.17, 15) is 4.79 Å². The number of benzene rings is 2. The Bertz CT molecular complexity index is 699. The van der Waals surface area contributed by atoms with Gasteiger partial charge in [-0.3, -0.25) is 9.69 Å². The molecule has 0 saturated carbocycles. The molecule has 2 aromatic rings. The maximum absolute atomic E-state index is 12.5. The quantitative estimate of drug-likeness (QED) is 0.790. The minimum atomic E-state index is -0.0240. The van der Waals surface area contributed by atoms with Crippen LogP contribution in [0, 0.1) is 0 Å². The highest BCUT2D eigenvalue weighted by Crippen LogP contribution is 2.21. The number of carbonyl (C=O) groups excluding carboxylic acids is 1. The van der Waals surface area contributed by atoms with Crippen LogP contribution < -0.4 is 10.1 Å². The molecule has 1 aliphatic rings. The SMILES string of the molecule is COc1ccccc1CN(CC(=O)Nc1ccccc1)CC1CCCO1. The first-order valence-corrected chi connectivity index (χ1v) is 9.05. The number of nitrogens with zero attached hydrogens (tertiary/aromatic N) is 1. The van der Waals surface area contributed by atoms with Crippen molar-refractivity contribution in [2.75, 3.05) is 32.1 Å². The summed E-state index contributed by atoms with van der Waals surface area (Å²) in [6, 6.07) is 17.5. The number of hydrogen-bond donors (Lipinski definition) is 1. The van der Waals surface area contributed by atoms with Gasteiger partial charge in [-0.15, -0.1) is 0 Å². The molecule has 1 N–H and O–H groups in total. The molecule has 1 atom stereocenters. The minimum Gasteiger partial charge on any atom is -0.496 e. The Hall–Kier alpha value is -2.37. The molecule has 1 heterocycles. The van der Waals surface area contributed by atoms with Gasteiger partial charge in [0.2, 0.25) is 5.91 Å². The highest BCUT2D eigenvalue weighted by Gasteiger charge is 2.22. The lowest BCUT2D eigenvalue weighted by atomic mass is 10.1. The van der Waals surface area contributed by atoms with Crippen molar-refractivity contribution in [2.45, 2.75) is 25.5 Å². The molecular formula is C21H26N2O3. The van der Waals surface area contributed by atoms with Gasteiger partial charge in [-0.2, -0.15) is 0 Å². The lowest BCUT2D eigenvalue weighted by molar-refractivity contribution is -0.117. The van der Waals surface area contributed by atoms with Crippen LogP contribution in [0.2, 0.25) is 0 Å². The molecule has 0 aliphatic carbocycles. The zero-order chi connectivity index (χ0) is 18.2. The second kappa shape index (κ2) is 9.36. The molecule has 0 bridgehead atoms. The van der Waals surface area contributed by atoms with Gasteiger partial charge in [-0.25, -0.2) is 0 Å². The Morgan fingerprint density at radius 1 is 1.19 bits per heavy atom. The average molecular weight is 354 g/mol. The van der Waals surface area contributed by atoms with Crippen LogP contribution in [0.4, 0.5) is 5.69 Å². The van der Waals surface area contributed by atoms with Crippen LogP contribution in [-0.4, -0.2) is 43.7 Å². The molecule has 5 nitrogen and oxygen atoms in total. The van der Waals surface area contributed by atoms with Gasteiger partial charge in [0.1, 0.15) is 5.75 Å². The van der Waals surface area contributed by atoms with E-state index in [1.165, 1.54) is 0 Å². The second-order valence-electron chi connectivity index (χ2n) is 6.53. The number of nitrogens with one attached hydrogen (secondary N) is 1. The molecule has 0 spiro atoms. The Kier molecular flexibility index (Phi) is 6.63. The first-order chi connectivity index (χ1) is 12.7. The average Bonchev–Trinajstić information content (AvgIpc) is 3.16. The number of methoxy groups -OCH3 is 1. The molecule has 0 aromatic heterocycles. The third-order valence-corrected chi connectivity index (χ3v) is 4.50. The van der Waals surface area contributed by atoms with E-state index in [1.807, 2.05) is 54.6 Å². The second-order valence-corrected chi connectivity index (χ2v) is 6.53. The van der Waals surface area contributed by atoms with Crippen molar-refractivity contribution in [3.8, 4) is 5.75 Å². The smallest absolute Gasteiger partial charge is 0.238 e. The number of carbonyl (C=O) groups is 1. The van der Waals surface area contributed by atoms with E-state index in [0.717, 1.165) is 43.0 Å². The van der Waals surface area contributed by atoms with Crippen molar-refractivity contribution in [2.24, 2.45) is 0 Å². The summed E-state index contributed by atoms with van der Waals surface area (Å²) in [4.78, 5) is 14.6. The molecule has 138 valence electrons. The molecule has 1 fully saturated rings. The maximum Gasteiger partial charge on any atom is 0.238 e. The van der Waals surface area contributed by atoms with Crippen molar-refractivity contribution in [3.05, 3.63) is 60.2 Å². The van der Waals surface area contributed by atoms with Gasteiger partial charge in [-0.1, -0.05) is 36.4 Å². The first kappa shape index (κ1) is 18.4. The largest absolute Gasteiger partial charge is 0.496 e. The predicted molar refractivity (Wildman–Crippen MR) is 102 cm³/mol. The van der Waals surface area contributed by atoms with Gasteiger partial charge in [0, 0.05) is 30.9 Å². The number of para-hydroxylation sites is 2. The molecule has 5 heteroatoms. The monoisotopic (exact) mass is 354 g/mol. The van der Waals surface area contributed by atoms with Gasteiger partial charge in [-0.05, 0) is 31.0 Å². The van der Waals surface area contributed by atoms with Crippen LogP contribution in [0.15, 0.2) is 54.6 Å². The van der Waals surface area contributed by atoms with E-state index < -0.39 is 0 Å².